The van der Waals surface area contributed by atoms with Crippen molar-refractivity contribution in [2.24, 2.45) is 0 Å². The SMILES string of the molecule is CC(=O)Nc1cc(NCCN(C)C(C)C)ccc1C(=O)O. The highest BCUT2D eigenvalue weighted by Gasteiger charge is 2.12. The maximum Gasteiger partial charge on any atom is 0.337 e. The summed E-state index contributed by atoms with van der Waals surface area (Å²) in [6.07, 6.45) is 0. The van der Waals surface area contributed by atoms with Crippen LogP contribution in [-0.4, -0.2) is 48.1 Å². The van der Waals surface area contributed by atoms with Crippen LogP contribution in [0.4, 0.5) is 11.4 Å². The summed E-state index contributed by atoms with van der Waals surface area (Å²) < 4.78 is 0. The summed E-state index contributed by atoms with van der Waals surface area (Å²) in [4.78, 5) is 24.5. The Balaban J connectivity index is 2.76. The molecule has 0 bridgehead atoms. The highest BCUT2D eigenvalue weighted by molar-refractivity contribution is 6.00. The van der Waals surface area contributed by atoms with Crippen LogP contribution in [0.15, 0.2) is 18.2 Å². The topological polar surface area (TPSA) is 81.7 Å². The van der Waals surface area contributed by atoms with Gasteiger partial charge in [0.15, 0.2) is 0 Å². The van der Waals surface area contributed by atoms with Crippen molar-refractivity contribution in [2.75, 3.05) is 30.8 Å². The molecule has 6 heteroatoms. The summed E-state index contributed by atoms with van der Waals surface area (Å²) >= 11 is 0. The predicted octanol–water partition coefficient (Wildman–Crippen LogP) is 2.10. The third kappa shape index (κ3) is 5.43. The number of hydrogen-bond donors (Lipinski definition) is 3. The minimum Gasteiger partial charge on any atom is -0.478 e. The number of anilines is 2. The first-order chi connectivity index (χ1) is 9.81. The summed E-state index contributed by atoms with van der Waals surface area (Å²) in [5.74, 6) is -1.36. The van der Waals surface area contributed by atoms with Crippen molar-refractivity contribution >= 4 is 23.3 Å². The van der Waals surface area contributed by atoms with Gasteiger partial charge in [0.05, 0.1) is 11.3 Å². The van der Waals surface area contributed by atoms with Gasteiger partial charge in [0.25, 0.3) is 0 Å². The first kappa shape index (κ1) is 17.0. The number of carbonyl (C=O) groups is 2. The summed E-state index contributed by atoms with van der Waals surface area (Å²) in [6, 6.07) is 5.29. The maximum atomic E-state index is 11.1. The fourth-order valence-corrected chi connectivity index (χ4v) is 1.77. The molecule has 0 saturated heterocycles. The summed E-state index contributed by atoms with van der Waals surface area (Å²) in [6.45, 7) is 7.20. The molecule has 0 heterocycles. The largest absolute Gasteiger partial charge is 0.478 e. The molecule has 0 spiro atoms. The Kier molecular flexibility index (Phi) is 6.17. The summed E-state index contributed by atoms with van der Waals surface area (Å²) in [7, 11) is 2.04. The maximum absolute atomic E-state index is 11.1. The lowest BCUT2D eigenvalue weighted by Crippen LogP contribution is -2.31. The molecule has 0 aromatic heterocycles. The van der Waals surface area contributed by atoms with E-state index in [2.05, 4.69) is 29.4 Å². The second-order valence-corrected chi connectivity index (χ2v) is 5.25. The zero-order chi connectivity index (χ0) is 16.0. The standard InChI is InChI=1S/C15H23N3O3/c1-10(2)18(4)8-7-16-12-5-6-13(15(20)21)14(9-12)17-11(3)19/h5-6,9-10,16H,7-8H2,1-4H3,(H,17,19)(H,20,21). The molecular formula is C15H23N3O3. The van der Waals surface area contributed by atoms with E-state index in [9.17, 15) is 9.59 Å². The monoisotopic (exact) mass is 293 g/mol. The highest BCUT2D eigenvalue weighted by Crippen LogP contribution is 2.21. The number of carboxylic acid groups (broad SMARTS) is 1. The number of benzene rings is 1. The molecule has 0 fully saturated rings. The molecule has 0 radical (unpaired) electrons. The molecule has 116 valence electrons. The van der Waals surface area contributed by atoms with Crippen LogP contribution >= 0.6 is 0 Å². The van der Waals surface area contributed by atoms with Crippen molar-refractivity contribution in [1.82, 2.24) is 4.90 Å². The smallest absolute Gasteiger partial charge is 0.337 e. The average Bonchev–Trinajstić information content (AvgIpc) is 2.37. The molecular weight excluding hydrogens is 270 g/mol. The molecule has 21 heavy (non-hydrogen) atoms. The molecule has 0 aliphatic rings. The van der Waals surface area contributed by atoms with Crippen molar-refractivity contribution in [1.29, 1.82) is 0 Å². The number of likely N-dealkylation sites (N-methyl/N-ethyl adjacent to an activating group) is 1. The normalized spacial score (nSPS) is 10.8. The Bertz CT molecular complexity index is 515. The van der Waals surface area contributed by atoms with Gasteiger partial charge in [-0.25, -0.2) is 4.79 Å². The molecule has 0 aliphatic heterocycles. The third-order valence-electron chi connectivity index (χ3n) is 3.24. The van der Waals surface area contributed by atoms with Gasteiger partial charge < -0.3 is 20.6 Å². The Morgan fingerprint density at radius 2 is 2.00 bits per heavy atom. The minimum absolute atomic E-state index is 0.0787. The van der Waals surface area contributed by atoms with E-state index in [1.807, 2.05) is 7.05 Å². The van der Waals surface area contributed by atoms with Gasteiger partial charge in [0, 0.05) is 31.7 Å². The molecule has 0 atom stereocenters. The van der Waals surface area contributed by atoms with E-state index in [1.165, 1.54) is 13.0 Å². The second-order valence-electron chi connectivity index (χ2n) is 5.25. The van der Waals surface area contributed by atoms with E-state index in [-0.39, 0.29) is 11.5 Å². The molecule has 1 amide bonds. The number of carbonyl (C=O) groups excluding carboxylic acids is 1. The Morgan fingerprint density at radius 1 is 1.33 bits per heavy atom. The van der Waals surface area contributed by atoms with E-state index in [0.29, 0.717) is 11.7 Å². The zero-order valence-electron chi connectivity index (χ0n) is 12.9. The number of aromatic carboxylic acids is 1. The third-order valence-corrected chi connectivity index (χ3v) is 3.24. The van der Waals surface area contributed by atoms with Gasteiger partial charge in [-0.05, 0) is 39.1 Å². The first-order valence-corrected chi connectivity index (χ1v) is 6.90. The van der Waals surface area contributed by atoms with Crippen LogP contribution in [0.25, 0.3) is 0 Å². The van der Waals surface area contributed by atoms with Crippen molar-refractivity contribution in [3.05, 3.63) is 23.8 Å². The van der Waals surface area contributed by atoms with E-state index in [0.717, 1.165) is 18.8 Å². The molecule has 6 nitrogen and oxygen atoms in total. The lowest BCUT2D eigenvalue weighted by atomic mass is 10.1. The Labute approximate surface area is 125 Å². The van der Waals surface area contributed by atoms with Crippen LogP contribution in [0.2, 0.25) is 0 Å². The highest BCUT2D eigenvalue weighted by atomic mass is 16.4. The number of amides is 1. The van der Waals surface area contributed by atoms with Crippen LogP contribution in [-0.2, 0) is 4.79 Å². The van der Waals surface area contributed by atoms with Crippen LogP contribution < -0.4 is 10.6 Å². The van der Waals surface area contributed by atoms with Gasteiger partial charge in [0.1, 0.15) is 0 Å². The van der Waals surface area contributed by atoms with Gasteiger partial charge >= 0.3 is 5.97 Å². The summed E-state index contributed by atoms with van der Waals surface area (Å²) in [5, 5.41) is 14.9. The van der Waals surface area contributed by atoms with E-state index >= 15 is 0 Å². The Hall–Kier alpha value is -2.08. The van der Waals surface area contributed by atoms with Gasteiger partial charge in [-0.15, -0.1) is 0 Å². The molecule has 3 N–H and O–H groups in total. The summed E-state index contributed by atoms with van der Waals surface area (Å²) in [5.41, 5.74) is 1.16. The predicted molar refractivity (Wildman–Crippen MR) is 84.0 cm³/mol. The number of nitrogens with zero attached hydrogens (tertiary/aromatic N) is 1. The lowest BCUT2D eigenvalue weighted by Gasteiger charge is -2.21. The number of nitrogens with one attached hydrogen (secondary N) is 2. The van der Waals surface area contributed by atoms with Crippen molar-refractivity contribution in [3.8, 4) is 0 Å². The number of hydrogen-bond acceptors (Lipinski definition) is 4. The van der Waals surface area contributed by atoms with Gasteiger partial charge in [0.2, 0.25) is 5.91 Å². The van der Waals surface area contributed by atoms with Crippen LogP contribution in [0.1, 0.15) is 31.1 Å². The minimum atomic E-state index is -1.06. The van der Waals surface area contributed by atoms with Crippen LogP contribution in [0.3, 0.4) is 0 Å². The van der Waals surface area contributed by atoms with Gasteiger partial charge in [-0.1, -0.05) is 0 Å². The lowest BCUT2D eigenvalue weighted by molar-refractivity contribution is -0.114. The van der Waals surface area contributed by atoms with Crippen LogP contribution in [0, 0.1) is 0 Å². The molecule has 0 saturated carbocycles. The van der Waals surface area contributed by atoms with E-state index < -0.39 is 5.97 Å². The average molecular weight is 293 g/mol. The zero-order valence-corrected chi connectivity index (χ0v) is 12.9. The first-order valence-electron chi connectivity index (χ1n) is 6.90. The second kappa shape index (κ2) is 7.64. The van der Waals surface area contributed by atoms with Gasteiger partial charge in [-0.3, -0.25) is 4.79 Å². The van der Waals surface area contributed by atoms with Crippen molar-refractivity contribution in [3.63, 3.8) is 0 Å². The fourth-order valence-electron chi connectivity index (χ4n) is 1.77. The van der Waals surface area contributed by atoms with E-state index in [4.69, 9.17) is 5.11 Å². The molecule has 0 unspecified atom stereocenters. The molecule has 1 aromatic rings. The molecule has 1 rings (SSSR count). The number of rotatable bonds is 7. The molecule has 1 aromatic carbocycles. The Morgan fingerprint density at radius 3 is 2.52 bits per heavy atom. The quantitative estimate of drug-likeness (QED) is 0.717. The van der Waals surface area contributed by atoms with Gasteiger partial charge in [-0.2, -0.15) is 0 Å². The van der Waals surface area contributed by atoms with Crippen LogP contribution in [0.5, 0.6) is 0 Å². The van der Waals surface area contributed by atoms with Crippen molar-refractivity contribution in [2.45, 2.75) is 26.8 Å². The molecule has 0 aliphatic carbocycles. The van der Waals surface area contributed by atoms with Crippen molar-refractivity contribution < 1.29 is 14.7 Å². The van der Waals surface area contributed by atoms with E-state index in [1.54, 1.807) is 12.1 Å². The number of carboxylic acids is 1. The fraction of sp³-hybridized carbons (Fsp3) is 0.467.